The molecule has 0 aliphatic heterocycles. The highest BCUT2D eigenvalue weighted by atomic mass is 15.1. The molecule has 0 saturated carbocycles. The molecule has 0 atom stereocenters. The zero-order valence-electron chi connectivity index (χ0n) is 11.2. The van der Waals surface area contributed by atoms with Crippen LogP contribution in [0.2, 0.25) is 0 Å². The molecule has 0 spiro atoms. The molecule has 0 radical (unpaired) electrons. The number of hydrogen-bond donors (Lipinski definition) is 2. The van der Waals surface area contributed by atoms with Gasteiger partial charge in [-0.25, -0.2) is 9.97 Å². The van der Waals surface area contributed by atoms with E-state index in [0.29, 0.717) is 5.62 Å². The lowest BCUT2D eigenvalue weighted by Crippen LogP contribution is -2.25. The van der Waals surface area contributed by atoms with Crippen LogP contribution >= 0.6 is 0 Å². The van der Waals surface area contributed by atoms with Crippen molar-refractivity contribution < 1.29 is 0 Å². The number of fused-ring (bicyclic) bond motifs is 1. The fraction of sp³-hybridized carbons (Fsp3) is 0.615. The number of aryl methyl sites for hydroxylation is 2. The maximum Gasteiger partial charge on any atom is 0.223 e. The Hall–Kier alpha value is -1.65. The molecule has 2 N–H and O–H groups in total. The molecule has 5 heteroatoms. The Bertz CT molecular complexity index is 566. The minimum absolute atomic E-state index is 0.322. The van der Waals surface area contributed by atoms with Crippen molar-refractivity contribution in [3.8, 4) is 0 Å². The first-order chi connectivity index (χ1) is 8.77. The second kappa shape index (κ2) is 5.80. The van der Waals surface area contributed by atoms with E-state index in [0.717, 1.165) is 36.2 Å². The molecule has 2 rings (SSSR count). The molecule has 2 aromatic heterocycles. The quantitative estimate of drug-likeness (QED) is 0.769. The topological polar surface area (TPSA) is 70.3 Å². The van der Waals surface area contributed by atoms with Gasteiger partial charge >= 0.3 is 0 Å². The van der Waals surface area contributed by atoms with E-state index in [1.54, 1.807) is 6.33 Å². The van der Waals surface area contributed by atoms with Crippen molar-refractivity contribution in [2.75, 3.05) is 0 Å². The molecular weight excluding hydrogens is 226 g/mol. The molecule has 0 aliphatic rings. The maximum atomic E-state index is 8.01. The van der Waals surface area contributed by atoms with E-state index in [-0.39, 0.29) is 0 Å². The van der Waals surface area contributed by atoms with Gasteiger partial charge < -0.3 is 4.98 Å². The molecule has 2 aromatic rings. The highest BCUT2D eigenvalue weighted by molar-refractivity contribution is 5.72. The van der Waals surface area contributed by atoms with Gasteiger partial charge in [-0.15, -0.1) is 0 Å². The first-order valence-corrected chi connectivity index (χ1v) is 6.75. The Morgan fingerprint density at radius 1 is 1.28 bits per heavy atom. The summed E-state index contributed by atoms with van der Waals surface area (Å²) in [7, 11) is 0. The number of rotatable bonds is 6. The summed E-state index contributed by atoms with van der Waals surface area (Å²) in [6, 6.07) is 0. The van der Waals surface area contributed by atoms with Crippen LogP contribution in [0.15, 0.2) is 6.33 Å². The van der Waals surface area contributed by atoms with E-state index in [4.69, 9.17) is 5.41 Å². The van der Waals surface area contributed by atoms with Gasteiger partial charge in [0.15, 0.2) is 5.65 Å². The van der Waals surface area contributed by atoms with Gasteiger partial charge in [0.1, 0.15) is 5.52 Å². The van der Waals surface area contributed by atoms with Gasteiger partial charge in [0.2, 0.25) is 5.62 Å². The molecule has 0 unspecified atom stereocenters. The SMILES string of the molecule is CCCCCCn1c(=N)nc(CC)c2[nH]cnc21. The highest BCUT2D eigenvalue weighted by Gasteiger charge is 2.09. The summed E-state index contributed by atoms with van der Waals surface area (Å²) in [6.07, 6.45) is 7.26. The molecule has 0 aliphatic carbocycles. The van der Waals surface area contributed by atoms with E-state index in [1.165, 1.54) is 19.3 Å². The smallest absolute Gasteiger partial charge is 0.223 e. The van der Waals surface area contributed by atoms with Gasteiger partial charge in [-0.1, -0.05) is 33.1 Å². The molecule has 5 nitrogen and oxygen atoms in total. The molecule has 18 heavy (non-hydrogen) atoms. The fourth-order valence-electron chi connectivity index (χ4n) is 2.21. The van der Waals surface area contributed by atoms with Gasteiger partial charge in [0, 0.05) is 6.54 Å². The second-order valence-corrected chi connectivity index (χ2v) is 4.55. The largest absolute Gasteiger partial charge is 0.342 e. The summed E-state index contributed by atoms with van der Waals surface area (Å²) in [4.78, 5) is 11.8. The number of hydrogen-bond acceptors (Lipinski definition) is 3. The lowest BCUT2D eigenvalue weighted by molar-refractivity contribution is 0.561. The summed E-state index contributed by atoms with van der Waals surface area (Å²) < 4.78 is 1.90. The monoisotopic (exact) mass is 247 g/mol. The molecular formula is C13H21N5. The van der Waals surface area contributed by atoms with E-state index in [2.05, 4.69) is 21.9 Å². The second-order valence-electron chi connectivity index (χ2n) is 4.55. The average molecular weight is 247 g/mol. The van der Waals surface area contributed by atoms with Crippen LogP contribution in [0.4, 0.5) is 0 Å². The van der Waals surface area contributed by atoms with Gasteiger partial charge in [0.25, 0.3) is 0 Å². The summed E-state index contributed by atoms with van der Waals surface area (Å²) >= 11 is 0. The first-order valence-electron chi connectivity index (χ1n) is 6.75. The lowest BCUT2D eigenvalue weighted by Gasteiger charge is -2.09. The molecule has 0 aromatic carbocycles. The van der Waals surface area contributed by atoms with Gasteiger partial charge in [0.05, 0.1) is 12.0 Å². The van der Waals surface area contributed by atoms with Crippen molar-refractivity contribution in [3.05, 3.63) is 17.6 Å². The predicted molar refractivity (Wildman–Crippen MR) is 71.3 cm³/mol. The van der Waals surface area contributed by atoms with Crippen molar-refractivity contribution in [3.63, 3.8) is 0 Å². The molecule has 0 fully saturated rings. The fourth-order valence-corrected chi connectivity index (χ4v) is 2.21. The lowest BCUT2D eigenvalue weighted by atomic mass is 10.2. The van der Waals surface area contributed by atoms with Crippen molar-refractivity contribution >= 4 is 11.2 Å². The van der Waals surface area contributed by atoms with Crippen LogP contribution in [0.3, 0.4) is 0 Å². The third kappa shape index (κ3) is 2.44. The third-order valence-corrected chi connectivity index (χ3v) is 3.23. The zero-order chi connectivity index (χ0) is 13.0. The van der Waals surface area contributed by atoms with Gasteiger partial charge in [-0.2, -0.15) is 0 Å². The minimum atomic E-state index is 0.322. The predicted octanol–water partition coefficient (Wildman–Crippen LogP) is 2.38. The van der Waals surface area contributed by atoms with Crippen LogP contribution in [0.1, 0.15) is 45.2 Å². The number of H-pyrrole nitrogens is 1. The summed E-state index contributed by atoms with van der Waals surface area (Å²) in [6.45, 7) is 5.08. The van der Waals surface area contributed by atoms with Crippen LogP contribution < -0.4 is 5.62 Å². The van der Waals surface area contributed by atoms with Gasteiger partial charge in [-0.05, 0) is 12.8 Å². The summed E-state index contributed by atoms with van der Waals surface area (Å²) in [5, 5.41) is 8.01. The average Bonchev–Trinajstić information content (AvgIpc) is 2.85. The number of imidazole rings is 1. The zero-order valence-corrected chi connectivity index (χ0v) is 11.2. The van der Waals surface area contributed by atoms with Crippen LogP contribution in [-0.2, 0) is 13.0 Å². The Balaban J connectivity index is 2.29. The number of nitrogens with one attached hydrogen (secondary N) is 2. The molecule has 2 heterocycles. The highest BCUT2D eigenvalue weighted by Crippen LogP contribution is 2.12. The Morgan fingerprint density at radius 2 is 2.11 bits per heavy atom. The number of nitrogens with zero attached hydrogens (tertiary/aromatic N) is 3. The maximum absolute atomic E-state index is 8.01. The molecule has 0 bridgehead atoms. The van der Waals surface area contributed by atoms with E-state index >= 15 is 0 Å². The molecule has 0 amide bonds. The number of unbranched alkanes of at least 4 members (excludes halogenated alkanes) is 3. The first kappa shape index (κ1) is 12.8. The molecule has 0 saturated heterocycles. The van der Waals surface area contributed by atoms with Crippen LogP contribution in [-0.4, -0.2) is 19.5 Å². The van der Waals surface area contributed by atoms with E-state index in [1.807, 2.05) is 11.5 Å². The van der Waals surface area contributed by atoms with E-state index < -0.39 is 0 Å². The van der Waals surface area contributed by atoms with Crippen molar-refractivity contribution in [1.82, 2.24) is 19.5 Å². The number of aromatic nitrogens is 4. The van der Waals surface area contributed by atoms with E-state index in [9.17, 15) is 0 Å². The minimum Gasteiger partial charge on any atom is -0.342 e. The van der Waals surface area contributed by atoms with Crippen LogP contribution in [0.25, 0.3) is 11.2 Å². The van der Waals surface area contributed by atoms with Gasteiger partial charge in [-0.3, -0.25) is 9.98 Å². The van der Waals surface area contributed by atoms with Crippen LogP contribution in [0.5, 0.6) is 0 Å². The Morgan fingerprint density at radius 3 is 2.83 bits per heavy atom. The van der Waals surface area contributed by atoms with Crippen molar-refractivity contribution in [2.45, 2.75) is 52.5 Å². The van der Waals surface area contributed by atoms with Crippen LogP contribution in [0, 0.1) is 5.41 Å². The Kier molecular flexibility index (Phi) is 4.12. The Labute approximate surface area is 107 Å². The summed E-state index contributed by atoms with van der Waals surface area (Å²) in [5.74, 6) is 0. The summed E-state index contributed by atoms with van der Waals surface area (Å²) in [5.41, 5.74) is 3.09. The third-order valence-electron chi connectivity index (χ3n) is 3.23. The molecule has 98 valence electrons. The standard InChI is InChI=1S/C13H21N5/c1-3-5-6-7-8-18-12-11(15-9-16-12)10(4-2)17-13(18)14/h9,14H,3-8H2,1-2H3,(H,15,16). The normalized spacial score (nSPS) is 11.2. The van der Waals surface area contributed by atoms with Crippen molar-refractivity contribution in [1.29, 1.82) is 5.41 Å². The van der Waals surface area contributed by atoms with Crippen molar-refractivity contribution in [2.24, 2.45) is 0 Å². The number of aromatic amines is 1.